The van der Waals surface area contributed by atoms with Crippen molar-refractivity contribution in [2.24, 2.45) is 0 Å². The summed E-state index contributed by atoms with van der Waals surface area (Å²) in [5, 5.41) is 7.18. The van der Waals surface area contributed by atoms with Crippen molar-refractivity contribution < 1.29 is 0 Å². The highest BCUT2D eigenvalue weighted by Gasteiger charge is 2.10. The van der Waals surface area contributed by atoms with E-state index < -0.39 is 0 Å². The van der Waals surface area contributed by atoms with Crippen molar-refractivity contribution in [1.29, 1.82) is 0 Å². The SMILES string of the molecule is CCCN(C)Cc1cn[nH]c1C(C)C. The summed E-state index contributed by atoms with van der Waals surface area (Å²) in [7, 11) is 2.15. The first-order chi connectivity index (χ1) is 6.65. The van der Waals surface area contributed by atoms with Crippen LogP contribution < -0.4 is 0 Å². The maximum atomic E-state index is 4.10. The van der Waals surface area contributed by atoms with E-state index in [1.807, 2.05) is 6.20 Å². The van der Waals surface area contributed by atoms with Crippen LogP contribution in [0.3, 0.4) is 0 Å². The van der Waals surface area contributed by atoms with E-state index in [1.165, 1.54) is 17.7 Å². The van der Waals surface area contributed by atoms with E-state index in [9.17, 15) is 0 Å². The van der Waals surface area contributed by atoms with Gasteiger partial charge in [-0.05, 0) is 25.9 Å². The second-order valence-corrected chi connectivity index (χ2v) is 4.20. The molecule has 1 heterocycles. The van der Waals surface area contributed by atoms with Crippen LogP contribution in [-0.2, 0) is 6.54 Å². The zero-order chi connectivity index (χ0) is 10.6. The lowest BCUT2D eigenvalue weighted by atomic mass is 10.1. The average Bonchev–Trinajstić information content (AvgIpc) is 2.52. The smallest absolute Gasteiger partial charge is 0.0535 e. The highest BCUT2D eigenvalue weighted by molar-refractivity contribution is 5.19. The summed E-state index contributed by atoms with van der Waals surface area (Å²) in [6, 6.07) is 0. The van der Waals surface area contributed by atoms with Gasteiger partial charge in [-0.2, -0.15) is 5.10 Å². The largest absolute Gasteiger partial charge is 0.302 e. The highest BCUT2D eigenvalue weighted by Crippen LogP contribution is 2.17. The maximum absolute atomic E-state index is 4.10. The Morgan fingerprint density at radius 1 is 1.50 bits per heavy atom. The molecule has 0 aliphatic heterocycles. The summed E-state index contributed by atoms with van der Waals surface area (Å²) in [6.45, 7) is 8.73. The number of nitrogens with zero attached hydrogens (tertiary/aromatic N) is 2. The van der Waals surface area contributed by atoms with Gasteiger partial charge in [-0.1, -0.05) is 20.8 Å². The Bertz CT molecular complexity index is 265. The Kier molecular flexibility index (Phi) is 4.14. The van der Waals surface area contributed by atoms with Gasteiger partial charge in [0.25, 0.3) is 0 Å². The zero-order valence-corrected chi connectivity index (χ0v) is 9.67. The van der Waals surface area contributed by atoms with Crippen LogP contribution in [0.1, 0.15) is 44.4 Å². The molecule has 3 nitrogen and oxygen atoms in total. The third-order valence-electron chi connectivity index (χ3n) is 2.37. The van der Waals surface area contributed by atoms with Crippen LogP contribution in [-0.4, -0.2) is 28.7 Å². The van der Waals surface area contributed by atoms with Gasteiger partial charge in [0.05, 0.1) is 6.20 Å². The van der Waals surface area contributed by atoms with Crippen LogP contribution in [0.2, 0.25) is 0 Å². The Morgan fingerprint density at radius 3 is 2.79 bits per heavy atom. The molecule has 0 aliphatic rings. The molecule has 0 saturated carbocycles. The highest BCUT2D eigenvalue weighted by atomic mass is 15.1. The lowest BCUT2D eigenvalue weighted by molar-refractivity contribution is 0.326. The fourth-order valence-corrected chi connectivity index (χ4v) is 1.70. The molecule has 1 rings (SSSR count). The molecule has 80 valence electrons. The molecule has 0 spiro atoms. The van der Waals surface area contributed by atoms with Gasteiger partial charge < -0.3 is 4.90 Å². The molecule has 0 atom stereocenters. The molecule has 0 amide bonds. The van der Waals surface area contributed by atoms with Crippen LogP contribution in [0.4, 0.5) is 0 Å². The number of aromatic amines is 1. The predicted molar refractivity (Wildman–Crippen MR) is 59.3 cm³/mol. The van der Waals surface area contributed by atoms with E-state index in [2.05, 4.69) is 42.9 Å². The normalized spacial score (nSPS) is 11.6. The molecule has 0 unspecified atom stereocenters. The van der Waals surface area contributed by atoms with Crippen LogP contribution in [0.5, 0.6) is 0 Å². The Morgan fingerprint density at radius 2 is 2.21 bits per heavy atom. The van der Waals surface area contributed by atoms with Crippen molar-refractivity contribution in [3.05, 3.63) is 17.5 Å². The van der Waals surface area contributed by atoms with Crippen LogP contribution in [0, 0.1) is 0 Å². The van der Waals surface area contributed by atoms with Gasteiger partial charge in [0, 0.05) is 17.8 Å². The lowest BCUT2D eigenvalue weighted by Gasteiger charge is -2.16. The average molecular weight is 195 g/mol. The van der Waals surface area contributed by atoms with Crippen LogP contribution in [0.25, 0.3) is 0 Å². The number of nitrogens with one attached hydrogen (secondary N) is 1. The Balaban J connectivity index is 2.61. The molecule has 1 aromatic rings. The molecule has 0 bridgehead atoms. The van der Waals surface area contributed by atoms with Gasteiger partial charge in [-0.3, -0.25) is 5.10 Å². The van der Waals surface area contributed by atoms with Gasteiger partial charge in [0.15, 0.2) is 0 Å². The second-order valence-electron chi connectivity index (χ2n) is 4.20. The first-order valence-corrected chi connectivity index (χ1v) is 5.35. The molecule has 0 aliphatic carbocycles. The monoisotopic (exact) mass is 195 g/mol. The van der Waals surface area contributed by atoms with Gasteiger partial charge in [-0.25, -0.2) is 0 Å². The predicted octanol–water partition coefficient (Wildman–Crippen LogP) is 2.37. The number of hydrogen-bond acceptors (Lipinski definition) is 2. The molecule has 14 heavy (non-hydrogen) atoms. The van der Waals surface area contributed by atoms with Gasteiger partial charge >= 0.3 is 0 Å². The summed E-state index contributed by atoms with van der Waals surface area (Å²) in [6.07, 6.45) is 3.15. The number of aromatic nitrogens is 2. The van der Waals surface area contributed by atoms with Crippen molar-refractivity contribution in [3.8, 4) is 0 Å². The molecular weight excluding hydrogens is 174 g/mol. The van der Waals surface area contributed by atoms with E-state index in [0.29, 0.717) is 5.92 Å². The fourth-order valence-electron chi connectivity index (χ4n) is 1.70. The van der Waals surface area contributed by atoms with Gasteiger partial charge in [-0.15, -0.1) is 0 Å². The molecule has 3 heteroatoms. The molecule has 1 aromatic heterocycles. The summed E-state index contributed by atoms with van der Waals surface area (Å²) in [5.74, 6) is 0.530. The number of hydrogen-bond donors (Lipinski definition) is 1. The number of H-pyrrole nitrogens is 1. The second kappa shape index (κ2) is 5.15. The molecule has 0 aromatic carbocycles. The standard InChI is InChI=1S/C11H21N3/c1-5-6-14(4)8-10-7-12-13-11(10)9(2)3/h7,9H,5-6,8H2,1-4H3,(H,12,13). The first-order valence-electron chi connectivity index (χ1n) is 5.35. The van der Waals surface area contributed by atoms with E-state index in [4.69, 9.17) is 0 Å². The van der Waals surface area contributed by atoms with Crippen molar-refractivity contribution >= 4 is 0 Å². The van der Waals surface area contributed by atoms with Gasteiger partial charge in [0.2, 0.25) is 0 Å². The quantitative estimate of drug-likeness (QED) is 0.782. The van der Waals surface area contributed by atoms with Crippen LogP contribution >= 0.6 is 0 Å². The van der Waals surface area contributed by atoms with Crippen molar-refractivity contribution in [2.75, 3.05) is 13.6 Å². The third-order valence-corrected chi connectivity index (χ3v) is 2.37. The lowest BCUT2D eigenvalue weighted by Crippen LogP contribution is -2.19. The van der Waals surface area contributed by atoms with Crippen molar-refractivity contribution in [2.45, 2.75) is 39.7 Å². The van der Waals surface area contributed by atoms with E-state index in [-0.39, 0.29) is 0 Å². The maximum Gasteiger partial charge on any atom is 0.0535 e. The summed E-state index contributed by atoms with van der Waals surface area (Å²) in [4.78, 5) is 2.33. The van der Waals surface area contributed by atoms with E-state index >= 15 is 0 Å². The molecule has 1 N–H and O–H groups in total. The van der Waals surface area contributed by atoms with Crippen molar-refractivity contribution in [1.82, 2.24) is 15.1 Å². The summed E-state index contributed by atoms with van der Waals surface area (Å²) >= 11 is 0. The first kappa shape index (κ1) is 11.2. The minimum atomic E-state index is 0.530. The van der Waals surface area contributed by atoms with E-state index in [1.54, 1.807) is 0 Å². The van der Waals surface area contributed by atoms with Crippen LogP contribution in [0.15, 0.2) is 6.20 Å². The fraction of sp³-hybridized carbons (Fsp3) is 0.727. The third kappa shape index (κ3) is 2.84. The number of rotatable bonds is 5. The van der Waals surface area contributed by atoms with E-state index in [0.717, 1.165) is 13.1 Å². The minimum absolute atomic E-state index is 0.530. The Labute approximate surface area is 86.5 Å². The summed E-state index contributed by atoms with van der Waals surface area (Å²) in [5.41, 5.74) is 2.60. The van der Waals surface area contributed by atoms with Crippen molar-refractivity contribution in [3.63, 3.8) is 0 Å². The summed E-state index contributed by atoms with van der Waals surface area (Å²) < 4.78 is 0. The molecule has 0 saturated heterocycles. The van der Waals surface area contributed by atoms with Gasteiger partial charge in [0.1, 0.15) is 0 Å². The topological polar surface area (TPSA) is 31.9 Å². The minimum Gasteiger partial charge on any atom is -0.302 e. The zero-order valence-electron chi connectivity index (χ0n) is 9.67. The Hall–Kier alpha value is -0.830. The molecule has 0 fully saturated rings. The molecule has 0 radical (unpaired) electrons. The molecular formula is C11H21N3.